The Balaban J connectivity index is 2.05. The van der Waals surface area contributed by atoms with Crippen molar-refractivity contribution in [2.45, 2.75) is 45.6 Å². The highest BCUT2D eigenvalue weighted by atomic mass is 15.2. The van der Waals surface area contributed by atoms with E-state index < -0.39 is 0 Å². The van der Waals surface area contributed by atoms with Gasteiger partial charge in [-0.15, -0.1) is 0 Å². The predicted octanol–water partition coefficient (Wildman–Crippen LogP) is 3.52. The van der Waals surface area contributed by atoms with Gasteiger partial charge in [-0.2, -0.15) is 0 Å². The quantitative estimate of drug-likeness (QED) is 0.787. The summed E-state index contributed by atoms with van der Waals surface area (Å²) < 4.78 is 0. The van der Waals surface area contributed by atoms with Crippen LogP contribution >= 0.6 is 0 Å². The first-order valence-electron chi connectivity index (χ1n) is 7.82. The lowest BCUT2D eigenvalue weighted by molar-refractivity contribution is 0.162. The Morgan fingerprint density at radius 3 is 2.42 bits per heavy atom. The number of rotatable bonds is 6. The fraction of sp³-hybridized carbons (Fsp3) is 0.647. The minimum absolute atomic E-state index is 0.620. The van der Waals surface area contributed by atoms with Crippen LogP contribution in [0.2, 0.25) is 0 Å². The highest BCUT2D eigenvalue weighted by molar-refractivity contribution is 5.24. The fourth-order valence-corrected chi connectivity index (χ4v) is 2.93. The third kappa shape index (κ3) is 4.32. The van der Waals surface area contributed by atoms with Crippen molar-refractivity contribution in [3.63, 3.8) is 0 Å². The molecule has 0 aromatic heterocycles. The first-order valence-corrected chi connectivity index (χ1v) is 7.82. The maximum atomic E-state index is 3.46. The van der Waals surface area contributed by atoms with Crippen molar-refractivity contribution in [1.29, 1.82) is 0 Å². The summed E-state index contributed by atoms with van der Waals surface area (Å²) in [6.07, 6.45) is 5.31. The van der Waals surface area contributed by atoms with E-state index in [1.54, 1.807) is 0 Å². The first-order chi connectivity index (χ1) is 9.31. The molecule has 0 aliphatic carbocycles. The average molecular weight is 260 g/mol. The van der Waals surface area contributed by atoms with Crippen molar-refractivity contribution in [3.05, 3.63) is 35.4 Å². The van der Waals surface area contributed by atoms with Crippen LogP contribution < -0.4 is 5.32 Å². The van der Waals surface area contributed by atoms with Gasteiger partial charge in [0.25, 0.3) is 0 Å². The van der Waals surface area contributed by atoms with Crippen molar-refractivity contribution in [2.75, 3.05) is 26.2 Å². The van der Waals surface area contributed by atoms with E-state index in [2.05, 4.69) is 48.3 Å². The van der Waals surface area contributed by atoms with Crippen LogP contribution in [0.3, 0.4) is 0 Å². The summed E-state index contributed by atoms with van der Waals surface area (Å²) in [5.41, 5.74) is 2.86. The summed E-state index contributed by atoms with van der Waals surface area (Å²) in [7, 11) is 0. The van der Waals surface area contributed by atoms with E-state index >= 15 is 0 Å². The number of nitrogens with one attached hydrogen (secondary N) is 1. The minimum atomic E-state index is 0.620. The van der Waals surface area contributed by atoms with Gasteiger partial charge in [-0.05, 0) is 18.9 Å². The van der Waals surface area contributed by atoms with Gasteiger partial charge < -0.3 is 5.32 Å². The van der Waals surface area contributed by atoms with E-state index in [4.69, 9.17) is 0 Å². The molecule has 19 heavy (non-hydrogen) atoms. The van der Waals surface area contributed by atoms with Crippen LogP contribution in [0.1, 0.15) is 49.8 Å². The molecular formula is C17H28N2. The van der Waals surface area contributed by atoms with E-state index in [1.807, 2.05) is 0 Å². The summed E-state index contributed by atoms with van der Waals surface area (Å²) in [6.45, 7) is 9.09. The smallest absolute Gasteiger partial charge is 0.0349 e. The highest BCUT2D eigenvalue weighted by Crippen LogP contribution is 2.27. The Labute approximate surface area is 118 Å². The molecule has 0 saturated carbocycles. The van der Waals surface area contributed by atoms with E-state index in [0.717, 1.165) is 13.1 Å². The molecule has 1 fully saturated rings. The third-order valence-corrected chi connectivity index (χ3v) is 4.14. The standard InChI is InChI=1S/C17H28N2/c1-3-4-5-6-17(19-13-11-18-12-14-19)16-9-7-15(2)8-10-16/h7-10,17-18H,3-6,11-14H2,1-2H3/t17-/m1/s1. The zero-order valence-corrected chi connectivity index (χ0v) is 12.5. The second-order valence-electron chi connectivity index (χ2n) is 5.71. The SMILES string of the molecule is CCCCC[C@H](c1ccc(C)cc1)N1CCNCC1. The Morgan fingerprint density at radius 1 is 1.11 bits per heavy atom. The van der Waals surface area contributed by atoms with Crippen LogP contribution in [0.4, 0.5) is 0 Å². The van der Waals surface area contributed by atoms with Crippen LogP contribution in [0.5, 0.6) is 0 Å². The zero-order chi connectivity index (χ0) is 13.5. The van der Waals surface area contributed by atoms with Gasteiger partial charge >= 0.3 is 0 Å². The predicted molar refractivity (Wildman–Crippen MR) is 82.5 cm³/mol. The highest BCUT2D eigenvalue weighted by Gasteiger charge is 2.21. The molecule has 1 N–H and O–H groups in total. The van der Waals surface area contributed by atoms with Crippen molar-refractivity contribution in [2.24, 2.45) is 0 Å². The number of benzene rings is 1. The molecule has 0 radical (unpaired) electrons. The largest absolute Gasteiger partial charge is 0.314 e. The Hall–Kier alpha value is -0.860. The number of aryl methyl sites for hydroxylation is 1. The molecule has 1 atom stereocenters. The van der Waals surface area contributed by atoms with E-state index in [-0.39, 0.29) is 0 Å². The monoisotopic (exact) mass is 260 g/mol. The molecule has 2 nitrogen and oxygen atoms in total. The lowest BCUT2D eigenvalue weighted by Gasteiger charge is -2.35. The summed E-state index contributed by atoms with van der Waals surface area (Å²) in [5.74, 6) is 0. The molecule has 106 valence electrons. The Bertz CT molecular complexity index is 352. The number of nitrogens with zero attached hydrogens (tertiary/aromatic N) is 1. The van der Waals surface area contributed by atoms with E-state index in [0.29, 0.717) is 6.04 Å². The van der Waals surface area contributed by atoms with Gasteiger partial charge in [0, 0.05) is 32.2 Å². The van der Waals surface area contributed by atoms with Crippen molar-refractivity contribution in [1.82, 2.24) is 10.2 Å². The van der Waals surface area contributed by atoms with Gasteiger partial charge in [0.05, 0.1) is 0 Å². The first kappa shape index (κ1) is 14.5. The van der Waals surface area contributed by atoms with Crippen LogP contribution in [-0.4, -0.2) is 31.1 Å². The van der Waals surface area contributed by atoms with Crippen molar-refractivity contribution >= 4 is 0 Å². The fourth-order valence-electron chi connectivity index (χ4n) is 2.93. The topological polar surface area (TPSA) is 15.3 Å². The molecule has 1 aliphatic rings. The second kappa shape index (κ2) is 7.66. The van der Waals surface area contributed by atoms with Crippen LogP contribution in [0, 0.1) is 6.92 Å². The number of hydrogen-bond donors (Lipinski definition) is 1. The molecule has 0 spiro atoms. The molecule has 2 heteroatoms. The molecule has 1 aromatic carbocycles. The van der Waals surface area contributed by atoms with Crippen LogP contribution in [-0.2, 0) is 0 Å². The Morgan fingerprint density at radius 2 is 1.79 bits per heavy atom. The maximum Gasteiger partial charge on any atom is 0.0349 e. The number of unbranched alkanes of at least 4 members (excludes halogenated alkanes) is 2. The maximum absolute atomic E-state index is 3.46. The molecule has 1 heterocycles. The molecule has 0 amide bonds. The summed E-state index contributed by atoms with van der Waals surface area (Å²) in [6, 6.07) is 9.78. The molecule has 0 bridgehead atoms. The third-order valence-electron chi connectivity index (χ3n) is 4.14. The van der Waals surface area contributed by atoms with E-state index in [1.165, 1.54) is 49.9 Å². The summed E-state index contributed by atoms with van der Waals surface area (Å²) in [4.78, 5) is 2.66. The lowest BCUT2D eigenvalue weighted by atomic mass is 9.97. The molecular weight excluding hydrogens is 232 g/mol. The summed E-state index contributed by atoms with van der Waals surface area (Å²) in [5, 5.41) is 3.46. The Kier molecular flexibility index (Phi) is 5.87. The van der Waals surface area contributed by atoms with Gasteiger partial charge in [0.1, 0.15) is 0 Å². The zero-order valence-electron chi connectivity index (χ0n) is 12.5. The van der Waals surface area contributed by atoms with Gasteiger partial charge in [-0.3, -0.25) is 4.90 Å². The van der Waals surface area contributed by atoms with Crippen molar-refractivity contribution in [3.8, 4) is 0 Å². The number of piperazine rings is 1. The minimum Gasteiger partial charge on any atom is -0.314 e. The molecule has 1 aliphatic heterocycles. The second-order valence-corrected chi connectivity index (χ2v) is 5.71. The average Bonchev–Trinajstić information content (AvgIpc) is 2.46. The van der Waals surface area contributed by atoms with Gasteiger partial charge in [0.15, 0.2) is 0 Å². The van der Waals surface area contributed by atoms with Gasteiger partial charge in [0.2, 0.25) is 0 Å². The summed E-state index contributed by atoms with van der Waals surface area (Å²) >= 11 is 0. The molecule has 0 unspecified atom stereocenters. The normalized spacial score (nSPS) is 18.4. The number of hydrogen-bond acceptors (Lipinski definition) is 2. The molecule has 1 aromatic rings. The van der Waals surface area contributed by atoms with Crippen LogP contribution in [0.15, 0.2) is 24.3 Å². The van der Waals surface area contributed by atoms with Gasteiger partial charge in [-0.25, -0.2) is 0 Å². The molecule has 2 rings (SSSR count). The van der Waals surface area contributed by atoms with E-state index in [9.17, 15) is 0 Å². The van der Waals surface area contributed by atoms with Crippen LogP contribution in [0.25, 0.3) is 0 Å². The van der Waals surface area contributed by atoms with Gasteiger partial charge in [-0.1, -0.05) is 56.0 Å². The molecule has 1 saturated heterocycles. The van der Waals surface area contributed by atoms with Crippen molar-refractivity contribution < 1.29 is 0 Å². The lowest BCUT2D eigenvalue weighted by Crippen LogP contribution is -2.45.